The number of hydrogen-bond acceptors (Lipinski definition) is 3. The Morgan fingerprint density at radius 3 is 2.45 bits per heavy atom. The van der Waals surface area contributed by atoms with Crippen LogP contribution in [0.3, 0.4) is 0 Å². The second-order valence-corrected chi connectivity index (χ2v) is 8.01. The van der Waals surface area contributed by atoms with Gasteiger partial charge in [-0.2, -0.15) is 0 Å². The first-order valence-corrected chi connectivity index (χ1v) is 8.73. The Kier molecular flexibility index (Phi) is 5.64. The van der Waals surface area contributed by atoms with E-state index in [1.165, 1.54) is 5.56 Å². The molecule has 22 heavy (non-hydrogen) atoms. The number of amides is 1. The molecule has 0 aromatic heterocycles. The van der Waals surface area contributed by atoms with E-state index in [1.807, 2.05) is 18.2 Å². The summed E-state index contributed by atoms with van der Waals surface area (Å²) in [5.74, 6) is 0.483. The summed E-state index contributed by atoms with van der Waals surface area (Å²) in [7, 11) is 0. The van der Waals surface area contributed by atoms with Gasteiger partial charge in [0.25, 0.3) is 0 Å². The van der Waals surface area contributed by atoms with E-state index in [4.69, 9.17) is 0 Å². The zero-order valence-electron chi connectivity index (χ0n) is 13.7. The van der Waals surface area contributed by atoms with Crippen molar-refractivity contribution in [1.29, 1.82) is 0 Å². The molecule has 122 valence electrons. The number of halogens is 1. The predicted octanol–water partition coefficient (Wildman–Crippen LogP) is 2.34. The second-order valence-electron chi connectivity index (χ2n) is 6.95. The first kappa shape index (κ1) is 17.4. The van der Waals surface area contributed by atoms with Gasteiger partial charge >= 0.3 is 0 Å². The molecule has 1 aromatic rings. The molecule has 5 heteroatoms. The fourth-order valence-electron chi connectivity index (χ4n) is 2.71. The van der Waals surface area contributed by atoms with Crippen LogP contribution in [0.25, 0.3) is 0 Å². The molecule has 0 aliphatic carbocycles. The smallest absolute Gasteiger partial charge is 0.239 e. The second kappa shape index (κ2) is 7.11. The molecule has 1 heterocycles. The molecule has 3 N–H and O–H groups in total. The van der Waals surface area contributed by atoms with Crippen LogP contribution in [0.4, 0.5) is 0 Å². The van der Waals surface area contributed by atoms with Crippen molar-refractivity contribution in [2.45, 2.75) is 50.0 Å². The Balaban J connectivity index is 1.93. The summed E-state index contributed by atoms with van der Waals surface area (Å²) in [6, 6.07) is 10.3. The zero-order valence-corrected chi connectivity index (χ0v) is 15.3. The van der Waals surface area contributed by atoms with Gasteiger partial charge in [0.2, 0.25) is 5.91 Å². The van der Waals surface area contributed by atoms with Crippen molar-refractivity contribution in [2.24, 2.45) is 5.92 Å². The van der Waals surface area contributed by atoms with Crippen LogP contribution in [0.2, 0.25) is 0 Å². The van der Waals surface area contributed by atoms with Crippen molar-refractivity contribution in [3.63, 3.8) is 0 Å². The first-order chi connectivity index (χ1) is 10.3. The first-order valence-electron chi connectivity index (χ1n) is 7.81. The molecule has 0 spiro atoms. The van der Waals surface area contributed by atoms with Gasteiger partial charge in [-0.3, -0.25) is 10.2 Å². The molecular formula is C17H26BrN3O. The van der Waals surface area contributed by atoms with E-state index in [9.17, 15) is 4.79 Å². The molecule has 1 aliphatic rings. The summed E-state index contributed by atoms with van der Waals surface area (Å²) in [5.41, 5.74) is 7.44. The minimum atomic E-state index is -0.251. The maximum Gasteiger partial charge on any atom is 0.239 e. The fraction of sp³-hybridized carbons (Fsp3) is 0.588. The van der Waals surface area contributed by atoms with Crippen molar-refractivity contribution in [2.75, 3.05) is 6.54 Å². The molecule has 1 aliphatic heterocycles. The van der Waals surface area contributed by atoms with Gasteiger partial charge in [-0.05, 0) is 11.5 Å². The van der Waals surface area contributed by atoms with E-state index in [0.717, 1.165) is 0 Å². The number of hydrazine groups is 1. The Labute approximate surface area is 141 Å². The summed E-state index contributed by atoms with van der Waals surface area (Å²) >= 11 is 3.65. The van der Waals surface area contributed by atoms with E-state index in [0.29, 0.717) is 12.5 Å². The summed E-state index contributed by atoms with van der Waals surface area (Å²) < 4.78 is 0. The fourth-order valence-corrected chi connectivity index (χ4v) is 3.82. The lowest BCUT2D eigenvalue weighted by molar-refractivity contribution is -0.123. The quantitative estimate of drug-likeness (QED) is 0.700. The van der Waals surface area contributed by atoms with Crippen molar-refractivity contribution < 1.29 is 4.79 Å². The number of carbonyl (C=O) groups is 1. The minimum Gasteiger partial charge on any atom is -0.354 e. The van der Waals surface area contributed by atoms with Crippen molar-refractivity contribution in [3.8, 4) is 0 Å². The van der Waals surface area contributed by atoms with E-state index in [1.54, 1.807) is 0 Å². The Morgan fingerprint density at radius 2 is 1.91 bits per heavy atom. The molecule has 4 nitrogen and oxygen atoms in total. The number of carbonyl (C=O) groups excluding carboxylic acids is 1. The lowest BCUT2D eigenvalue weighted by atomic mass is 9.84. The monoisotopic (exact) mass is 367 g/mol. The van der Waals surface area contributed by atoms with Crippen molar-refractivity contribution in [1.82, 2.24) is 16.2 Å². The largest absolute Gasteiger partial charge is 0.354 e. The van der Waals surface area contributed by atoms with Crippen LogP contribution in [0.15, 0.2) is 30.3 Å². The van der Waals surface area contributed by atoms with E-state index in [2.05, 4.69) is 71.9 Å². The number of alkyl halides is 1. The van der Waals surface area contributed by atoms with Gasteiger partial charge in [-0.1, -0.05) is 74.0 Å². The third kappa shape index (κ3) is 3.89. The average Bonchev–Trinajstić information content (AvgIpc) is 2.88. The van der Waals surface area contributed by atoms with Gasteiger partial charge in [0.05, 0.1) is 4.83 Å². The Hall–Kier alpha value is -0.910. The van der Waals surface area contributed by atoms with Crippen LogP contribution in [0.5, 0.6) is 0 Å². The highest BCUT2D eigenvalue weighted by Crippen LogP contribution is 2.24. The predicted molar refractivity (Wildman–Crippen MR) is 93.9 cm³/mol. The molecule has 1 aromatic carbocycles. The van der Waals surface area contributed by atoms with Crippen molar-refractivity contribution >= 4 is 21.8 Å². The number of benzene rings is 1. The molecule has 1 amide bonds. The molecule has 0 saturated carbocycles. The Bertz CT molecular complexity index is 504. The lowest BCUT2D eigenvalue weighted by Crippen LogP contribution is -2.48. The van der Waals surface area contributed by atoms with Crippen molar-refractivity contribution in [3.05, 3.63) is 35.9 Å². The van der Waals surface area contributed by atoms with E-state index >= 15 is 0 Å². The van der Waals surface area contributed by atoms with Gasteiger partial charge in [0.15, 0.2) is 0 Å². The molecule has 0 bridgehead atoms. The summed E-state index contributed by atoms with van der Waals surface area (Å²) in [5, 5.41) is 3.08. The van der Waals surface area contributed by atoms with Crippen LogP contribution < -0.4 is 16.2 Å². The summed E-state index contributed by atoms with van der Waals surface area (Å²) in [4.78, 5) is 12.5. The highest BCUT2D eigenvalue weighted by Gasteiger charge is 2.40. The highest BCUT2D eigenvalue weighted by molar-refractivity contribution is 9.09. The van der Waals surface area contributed by atoms with E-state index in [-0.39, 0.29) is 28.2 Å². The number of hydrogen-bond donors (Lipinski definition) is 3. The standard InChI is InChI=1S/C17H26BrN3O/c1-11(2)14-13(18)15(21-20-14)16(22)19-10-17(3,4)12-8-6-5-7-9-12/h5-9,11,13-15,20-21H,10H2,1-4H3,(H,19,22). The van der Waals surface area contributed by atoms with Gasteiger partial charge in [0.1, 0.15) is 6.04 Å². The van der Waals surface area contributed by atoms with Crippen LogP contribution in [0.1, 0.15) is 33.3 Å². The Morgan fingerprint density at radius 1 is 1.27 bits per heavy atom. The van der Waals surface area contributed by atoms with Crippen LogP contribution in [-0.2, 0) is 10.2 Å². The maximum absolute atomic E-state index is 12.5. The molecular weight excluding hydrogens is 342 g/mol. The van der Waals surface area contributed by atoms with Gasteiger partial charge in [-0.15, -0.1) is 0 Å². The third-order valence-corrected chi connectivity index (χ3v) is 5.43. The molecule has 0 radical (unpaired) electrons. The van der Waals surface area contributed by atoms with Crippen LogP contribution in [0, 0.1) is 5.92 Å². The third-order valence-electron chi connectivity index (χ3n) is 4.33. The topological polar surface area (TPSA) is 53.2 Å². The highest BCUT2D eigenvalue weighted by atomic mass is 79.9. The average molecular weight is 368 g/mol. The van der Waals surface area contributed by atoms with Crippen LogP contribution >= 0.6 is 15.9 Å². The molecule has 2 rings (SSSR count). The van der Waals surface area contributed by atoms with Gasteiger partial charge < -0.3 is 5.32 Å². The lowest BCUT2D eigenvalue weighted by Gasteiger charge is -2.27. The van der Waals surface area contributed by atoms with Gasteiger partial charge in [-0.25, -0.2) is 5.43 Å². The number of nitrogens with one attached hydrogen (secondary N) is 3. The molecule has 3 atom stereocenters. The number of rotatable bonds is 5. The normalized spacial score (nSPS) is 25.5. The molecule has 1 fully saturated rings. The van der Waals surface area contributed by atoms with Crippen LogP contribution in [-0.4, -0.2) is 29.4 Å². The van der Waals surface area contributed by atoms with Gasteiger partial charge in [0, 0.05) is 18.0 Å². The molecule has 3 unspecified atom stereocenters. The SMILES string of the molecule is CC(C)C1NNC(C(=O)NCC(C)(C)c2ccccc2)C1Br. The minimum absolute atomic E-state index is 0.0292. The summed E-state index contributed by atoms with van der Waals surface area (Å²) in [6.07, 6.45) is 0. The molecule has 1 saturated heterocycles. The zero-order chi connectivity index (χ0) is 16.3. The maximum atomic E-state index is 12.5. The summed E-state index contributed by atoms with van der Waals surface area (Å²) in [6.45, 7) is 9.19. The van der Waals surface area contributed by atoms with E-state index < -0.39 is 0 Å².